The second kappa shape index (κ2) is 3.55. The van der Waals surface area contributed by atoms with Gasteiger partial charge in [0.05, 0.1) is 12.3 Å². The summed E-state index contributed by atoms with van der Waals surface area (Å²) in [5.74, 6) is 0.572. The molecule has 5 heteroatoms. The van der Waals surface area contributed by atoms with E-state index in [4.69, 9.17) is 5.41 Å². The maximum atomic E-state index is 11.8. The summed E-state index contributed by atoms with van der Waals surface area (Å²) < 4.78 is 35.4. The molecule has 1 aliphatic rings. The molecule has 1 N–H and O–H groups in total. The van der Waals surface area contributed by atoms with Gasteiger partial charge in [-0.3, -0.25) is 5.41 Å². The molecule has 1 saturated carbocycles. The number of rotatable bonds is 3. The molecule has 1 aliphatic carbocycles. The van der Waals surface area contributed by atoms with Gasteiger partial charge < -0.3 is 4.90 Å². The molecule has 0 aromatic carbocycles. The lowest BCUT2D eigenvalue weighted by molar-refractivity contribution is -0.135. The quantitative estimate of drug-likeness (QED) is 0.541. The van der Waals surface area contributed by atoms with Gasteiger partial charge in [0.2, 0.25) is 0 Å². The highest BCUT2D eigenvalue weighted by molar-refractivity contribution is 5.83. The number of nitrogens with one attached hydrogen (secondary N) is 1. The van der Waals surface area contributed by atoms with Crippen LogP contribution in [0.15, 0.2) is 0 Å². The van der Waals surface area contributed by atoms with Crippen LogP contribution in [0.3, 0.4) is 0 Å². The maximum absolute atomic E-state index is 11.8. The molecule has 0 unspecified atom stereocenters. The number of hydrogen-bond acceptors (Lipinski definition) is 1. The van der Waals surface area contributed by atoms with Gasteiger partial charge in [-0.1, -0.05) is 0 Å². The Balaban J connectivity index is 2.24. The Morgan fingerprint density at radius 1 is 1.46 bits per heavy atom. The van der Waals surface area contributed by atoms with Crippen LogP contribution in [0.25, 0.3) is 0 Å². The summed E-state index contributed by atoms with van der Waals surface area (Å²) in [6, 6.07) is 0. The topological polar surface area (TPSA) is 27.1 Å². The summed E-state index contributed by atoms with van der Waals surface area (Å²) in [6.07, 6.45) is -3.04. The lowest BCUT2D eigenvalue weighted by Crippen LogP contribution is -2.31. The van der Waals surface area contributed by atoms with E-state index in [1.807, 2.05) is 0 Å². The standard InChI is InChI=1S/C8H13F3N2/c1-13(5-4-8(9,10)11)7(12)6-2-3-6/h6,12H,2-5H2,1H3. The minimum absolute atomic E-state index is 0.0984. The van der Waals surface area contributed by atoms with Crippen LogP contribution in [0, 0.1) is 11.3 Å². The molecule has 13 heavy (non-hydrogen) atoms. The molecule has 0 radical (unpaired) electrons. The fourth-order valence-electron chi connectivity index (χ4n) is 1.08. The predicted octanol–water partition coefficient (Wildman–Crippen LogP) is 2.26. The summed E-state index contributed by atoms with van der Waals surface area (Å²) in [5, 5.41) is 7.48. The Morgan fingerprint density at radius 3 is 2.38 bits per heavy atom. The minimum Gasteiger partial charge on any atom is -0.363 e. The number of amidine groups is 1. The van der Waals surface area contributed by atoms with Crippen molar-refractivity contribution in [1.82, 2.24) is 4.90 Å². The van der Waals surface area contributed by atoms with Crippen LogP contribution < -0.4 is 0 Å². The zero-order valence-corrected chi connectivity index (χ0v) is 7.49. The van der Waals surface area contributed by atoms with Crippen LogP contribution in [0.5, 0.6) is 0 Å². The first-order chi connectivity index (χ1) is 5.90. The van der Waals surface area contributed by atoms with E-state index in [-0.39, 0.29) is 12.5 Å². The normalized spacial score (nSPS) is 17.2. The van der Waals surface area contributed by atoms with Crippen molar-refractivity contribution in [3.8, 4) is 0 Å². The second-order valence-corrected chi connectivity index (χ2v) is 3.45. The van der Waals surface area contributed by atoms with Gasteiger partial charge in [0.25, 0.3) is 0 Å². The molecule has 1 rings (SSSR count). The van der Waals surface area contributed by atoms with Crippen LogP contribution in [-0.4, -0.2) is 30.5 Å². The third-order valence-corrected chi connectivity index (χ3v) is 2.11. The molecular formula is C8H13F3N2. The SMILES string of the molecule is CN(CCC(F)(F)F)C(=N)C1CC1. The molecule has 0 aromatic heterocycles. The van der Waals surface area contributed by atoms with E-state index in [1.54, 1.807) is 7.05 Å². The molecule has 1 fully saturated rings. The monoisotopic (exact) mass is 194 g/mol. The van der Waals surface area contributed by atoms with Crippen LogP contribution in [0.1, 0.15) is 19.3 Å². The van der Waals surface area contributed by atoms with E-state index in [2.05, 4.69) is 0 Å². The van der Waals surface area contributed by atoms with E-state index in [9.17, 15) is 13.2 Å². The van der Waals surface area contributed by atoms with Crippen molar-refractivity contribution in [3.05, 3.63) is 0 Å². The van der Waals surface area contributed by atoms with Crippen molar-refractivity contribution >= 4 is 5.84 Å². The fraction of sp³-hybridized carbons (Fsp3) is 0.875. The third-order valence-electron chi connectivity index (χ3n) is 2.11. The van der Waals surface area contributed by atoms with Gasteiger partial charge in [-0.25, -0.2) is 0 Å². The lowest BCUT2D eigenvalue weighted by Gasteiger charge is -2.20. The highest BCUT2D eigenvalue weighted by Gasteiger charge is 2.31. The number of halogens is 3. The molecule has 0 heterocycles. The van der Waals surface area contributed by atoms with E-state index in [0.29, 0.717) is 5.84 Å². The van der Waals surface area contributed by atoms with E-state index in [0.717, 1.165) is 12.8 Å². The van der Waals surface area contributed by atoms with Gasteiger partial charge in [0, 0.05) is 19.5 Å². The number of alkyl halides is 3. The van der Waals surface area contributed by atoms with Crippen LogP contribution in [0.2, 0.25) is 0 Å². The summed E-state index contributed by atoms with van der Waals surface area (Å²) >= 11 is 0. The number of hydrogen-bond donors (Lipinski definition) is 1. The van der Waals surface area contributed by atoms with Gasteiger partial charge in [0.15, 0.2) is 0 Å². The average molecular weight is 194 g/mol. The smallest absolute Gasteiger partial charge is 0.363 e. The van der Waals surface area contributed by atoms with Crippen molar-refractivity contribution in [1.29, 1.82) is 5.41 Å². The molecule has 0 spiro atoms. The fourth-order valence-corrected chi connectivity index (χ4v) is 1.08. The van der Waals surface area contributed by atoms with E-state index in [1.165, 1.54) is 4.90 Å². The van der Waals surface area contributed by atoms with E-state index >= 15 is 0 Å². The molecular weight excluding hydrogens is 181 g/mol. The van der Waals surface area contributed by atoms with Gasteiger partial charge >= 0.3 is 6.18 Å². The summed E-state index contributed by atoms with van der Waals surface area (Å²) in [5.41, 5.74) is 0. The van der Waals surface area contributed by atoms with Crippen LogP contribution in [-0.2, 0) is 0 Å². The lowest BCUT2D eigenvalue weighted by atomic mass is 10.3. The summed E-state index contributed by atoms with van der Waals surface area (Å²) in [4.78, 5) is 1.39. The largest absolute Gasteiger partial charge is 0.390 e. The van der Waals surface area contributed by atoms with Gasteiger partial charge in [-0.05, 0) is 12.8 Å². The maximum Gasteiger partial charge on any atom is 0.390 e. The van der Waals surface area contributed by atoms with Crippen LogP contribution >= 0.6 is 0 Å². The number of nitrogens with zero attached hydrogens (tertiary/aromatic N) is 1. The molecule has 2 nitrogen and oxygen atoms in total. The molecule has 76 valence electrons. The third kappa shape index (κ3) is 3.65. The Kier molecular flexibility index (Phi) is 2.83. The zero-order valence-electron chi connectivity index (χ0n) is 7.49. The van der Waals surface area contributed by atoms with Crippen molar-refractivity contribution in [2.24, 2.45) is 5.92 Å². The summed E-state index contributed by atoms with van der Waals surface area (Å²) in [6.45, 7) is -0.0984. The van der Waals surface area contributed by atoms with Crippen molar-refractivity contribution in [3.63, 3.8) is 0 Å². The predicted molar refractivity (Wildman–Crippen MR) is 43.8 cm³/mol. The second-order valence-electron chi connectivity index (χ2n) is 3.45. The Labute approximate surface area is 75.2 Å². The molecule has 0 amide bonds. The van der Waals surface area contributed by atoms with Gasteiger partial charge in [-0.2, -0.15) is 13.2 Å². The molecule has 0 aliphatic heterocycles. The Bertz CT molecular complexity index is 196. The Morgan fingerprint density at radius 2 is 2.00 bits per heavy atom. The van der Waals surface area contributed by atoms with Crippen molar-refractivity contribution in [2.45, 2.75) is 25.4 Å². The van der Waals surface area contributed by atoms with E-state index < -0.39 is 12.6 Å². The Hall–Kier alpha value is -0.740. The first-order valence-corrected chi connectivity index (χ1v) is 4.26. The highest BCUT2D eigenvalue weighted by Crippen LogP contribution is 2.31. The summed E-state index contributed by atoms with van der Waals surface area (Å²) in [7, 11) is 1.55. The highest BCUT2D eigenvalue weighted by atomic mass is 19.4. The minimum atomic E-state index is -4.11. The van der Waals surface area contributed by atoms with Crippen molar-refractivity contribution in [2.75, 3.05) is 13.6 Å². The van der Waals surface area contributed by atoms with Gasteiger partial charge in [-0.15, -0.1) is 0 Å². The molecule has 0 saturated heterocycles. The van der Waals surface area contributed by atoms with Gasteiger partial charge in [0.1, 0.15) is 0 Å². The first kappa shape index (κ1) is 10.3. The van der Waals surface area contributed by atoms with Crippen LogP contribution in [0.4, 0.5) is 13.2 Å². The molecule has 0 bridgehead atoms. The molecule has 0 atom stereocenters. The first-order valence-electron chi connectivity index (χ1n) is 4.26. The average Bonchev–Trinajstić information content (AvgIpc) is 2.79. The zero-order chi connectivity index (χ0) is 10.1. The molecule has 0 aromatic rings. The van der Waals surface area contributed by atoms with Crippen molar-refractivity contribution < 1.29 is 13.2 Å².